The highest BCUT2D eigenvalue weighted by atomic mass is 16.4. The Kier molecular flexibility index (Phi) is 3.32. The smallest absolute Gasteiger partial charge is 0.237 e. The molecule has 5 rings (SSSR count). The number of hydrogen-bond donors (Lipinski definition) is 0. The van der Waals surface area contributed by atoms with Gasteiger partial charge in [0, 0.05) is 34.7 Å². The van der Waals surface area contributed by atoms with Gasteiger partial charge >= 0.3 is 0 Å². The summed E-state index contributed by atoms with van der Waals surface area (Å²) in [6, 6.07) is 10.3. The maximum atomic E-state index is 12.9. The number of aryl methyl sites for hydroxylation is 1. The molecule has 136 valence electrons. The summed E-state index contributed by atoms with van der Waals surface area (Å²) in [4.78, 5) is 23.6. The fraction of sp³-hybridized carbons (Fsp3) is 0.318. The number of amides is 1. The van der Waals surface area contributed by atoms with Crippen molar-refractivity contribution in [3.8, 4) is 22.8 Å². The zero-order chi connectivity index (χ0) is 18.8. The second-order valence-corrected chi connectivity index (χ2v) is 7.98. The monoisotopic (exact) mass is 359 g/mol. The topological polar surface area (TPSA) is 59.2 Å². The van der Waals surface area contributed by atoms with E-state index in [4.69, 9.17) is 4.42 Å². The Morgan fingerprint density at radius 3 is 2.67 bits per heavy atom. The summed E-state index contributed by atoms with van der Waals surface area (Å²) in [6.45, 7) is 5.96. The van der Waals surface area contributed by atoms with Crippen LogP contribution in [0.5, 0.6) is 0 Å². The molecular formula is C22H21N3O2. The molecule has 5 heteroatoms. The van der Waals surface area contributed by atoms with Crippen LogP contribution in [0, 0.1) is 6.92 Å². The Bertz CT molecular complexity index is 1060. The minimum absolute atomic E-state index is 0.197. The zero-order valence-electron chi connectivity index (χ0n) is 15.7. The average Bonchev–Trinajstić information content (AvgIpc) is 3.31. The van der Waals surface area contributed by atoms with Crippen LogP contribution in [0.3, 0.4) is 0 Å². The second kappa shape index (κ2) is 5.52. The van der Waals surface area contributed by atoms with Crippen molar-refractivity contribution in [1.29, 1.82) is 0 Å². The van der Waals surface area contributed by atoms with Crippen LogP contribution < -0.4 is 4.90 Å². The van der Waals surface area contributed by atoms with Crippen molar-refractivity contribution in [2.24, 2.45) is 0 Å². The molecule has 5 nitrogen and oxygen atoms in total. The molecule has 1 aromatic carbocycles. The molecule has 1 aliphatic carbocycles. The Morgan fingerprint density at radius 1 is 1.11 bits per heavy atom. The molecule has 27 heavy (non-hydrogen) atoms. The van der Waals surface area contributed by atoms with Crippen LogP contribution in [-0.2, 0) is 10.2 Å². The Balaban J connectivity index is 1.56. The molecule has 1 aliphatic heterocycles. The summed E-state index contributed by atoms with van der Waals surface area (Å²) in [7, 11) is 0. The van der Waals surface area contributed by atoms with Crippen LogP contribution in [0.15, 0.2) is 47.1 Å². The summed E-state index contributed by atoms with van der Waals surface area (Å²) in [5, 5.41) is 0. The van der Waals surface area contributed by atoms with Crippen molar-refractivity contribution in [2.75, 3.05) is 4.90 Å². The fourth-order valence-electron chi connectivity index (χ4n) is 3.85. The molecule has 0 bridgehead atoms. The van der Waals surface area contributed by atoms with E-state index >= 15 is 0 Å². The molecule has 1 saturated carbocycles. The van der Waals surface area contributed by atoms with Gasteiger partial charge in [0.2, 0.25) is 11.8 Å². The van der Waals surface area contributed by atoms with Gasteiger partial charge < -0.3 is 9.32 Å². The first kappa shape index (κ1) is 16.2. The number of aromatic nitrogens is 2. The number of carbonyl (C=O) groups excluding carboxylic acids is 1. The van der Waals surface area contributed by atoms with E-state index in [1.165, 1.54) is 0 Å². The predicted molar refractivity (Wildman–Crippen MR) is 103 cm³/mol. The van der Waals surface area contributed by atoms with Crippen LogP contribution in [-0.4, -0.2) is 21.9 Å². The van der Waals surface area contributed by atoms with E-state index < -0.39 is 5.41 Å². The molecule has 0 saturated heterocycles. The van der Waals surface area contributed by atoms with Crippen LogP contribution >= 0.6 is 0 Å². The number of hydrogen-bond acceptors (Lipinski definition) is 4. The molecule has 2 aliphatic rings. The molecule has 1 fully saturated rings. The standard InChI is InChI=1S/C22H21N3O2/c1-13-10-15(8-9-23-13)20-24-12-19(27-20)14-4-7-17-18(11-14)25(16-5-6-16)21(26)22(17,2)3/h4,7-12,16H,5-6H2,1-3H3. The fourth-order valence-corrected chi connectivity index (χ4v) is 3.85. The van der Waals surface area contributed by atoms with Gasteiger partial charge in [0.15, 0.2) is 5.76 Å². The highest BCUT2D eigenvalue weighted by molar-refractivity contribution is 6.08. The first-order valence-electron chi connectivity index (χ1n) is 9.32. The normalized spacial score (nSPS) is 18.0. The van der Waals surface area contributed by atoms with Gasteiger partial charge in [0.25, 0.3) is 0 Å². The number of fused-ring (bicyclic) bond motifs is 1. The molecule has 0 unspecified atom stereocenters. The van der Waals surface area contributed by atoms with E-state index in [1.807, 2.05) is 43.9 Å². The number of benzene rings is 1. The SMILES string of the molecule is Cc1cc(-c2ncc(-c3ccc4c(c3)N(C3CC3)C(=O)C4(C)C)o2)ccn1. The minimum Gasteiger partial charge on any atom is -0.436 e. The summed E-state index contributed by atoms with van der Waals surface area (Å²) in [5.41, 5.74) is 4.40. The first-order chi connectivity index (χ1) is 12.9. The number of rotatable bonds is 3. The Hall–Kier alpha value is -2.95. The van der Waals surface area contributed by atoms with Crippen molar-refractivity contribution >= 4 is 11.6 Å². The van der Waals surface area contributed by atoms with Crippen molar-refractivity contribution in [3.05, 3.63) is 54.0 Å². The number of carbonyl (C=O) groups is 1. The molecule has 2 aromatic heterocycles. The molecule has 0 radical (unpaired) electrons. The number of pyridine rings is 1. The molecule has 0 N–H and O–H groups in total. The van der Waals surface area contributed by atoms with Crippen molar-refractivity contribution in [3.63, 3.8) is 0 Å². The van der Waals surface area contributed by atoms with Gasteiger partial charge in [-0.2, -0.15) is 0 Å². The van der Waals surface area contributed by atoms with E-state index in [-0.39, 0.29) is 5.91 Å². The summed E-state index contributed by atoms with van der Waals surface area (Å²) in [5.74, 6) is 1.48. The summed E-state index contributed by atoms with van der Waals surface area (Å²) < 4.78 is 6.02. The van der Waals surface area contributed by atoms with Gasteiger partial charge in [-0.25, -0.2) is 4.98 Å². The molecule has 0 atom stereocenters. The van der Waals surface area contributed by atoms with E-state index in [0.29, 0.717) is 17.7 Å². The van der Waals surface area contributed by atoms with Crippen molar-refractivity contribution in [2.45, 2.75) is 45.1 Å². The quantitative estimate of drug-likeness (QED) is 0.691. The lowest BCUT2D eigenvalue weighted by molar-refractivity contribution is -0.122. The van der Waals surface area contributed by atoms with Crippen LogP contribution in [0.2, 0.25) is 0 Å². The Morgan fingerprint density at radius 2 is 1.93 bits per heavy atom. The lowest BCUT2D eigenvalue weighted by atomic mass is 9.86. The largest absolute Gasteiger partial charge is 0.436 e. The molecule has 1 amide bonds. The van der Waals surface area contributed by atoms with Crippen molar-refractivity contribution < 1.29 is 9.21 Å². The molecule has 3 aromatic rings. The Labute approximate surface area is 158 Å². The van der Waals surface area contributed by atoms with Gasteiger partial charge in [-0.15, -0.1) is 0 Å². The number of oxazole rings is 1. The highest BCUT2D eigenvalue weighted by Gasteiger charge is 2.49. The van der Waals surface area contributed by atoms with Crippen molar-refractivity contribution in [1.82, 2.24) is 9.97 Å². The zero-order valence-corrected chi connectivity index (χ0v) is 15.7. The molecule has 0 spiro atoms. The highest BCUT2D eigenvalue weighted by Crippen LogP contribution is 2.47. The van der Waals surface area contributed by atoms with Gasteiger partial charge in [-0.3, -0.25) is 9.78 Å². The lowest BCUT2D eigenvalue weighted by Gasteiger charge is -2.19. The lowest BCUT2D eigenvalue weighted by Crippen LogP contribution is -2.37. The van der Waals surface area contributed by atoms with E-state index in [2.05, 4.69) is 22.1 Å². The van der Waals surface area contributed by atoms with Crippen LogP contribution in [0.1, 0.15) is 37.9 Å². The third kappa shape index (κ3) is 2.49. The third-order valence-electron chi connectivity index (χ3n) is 5.53. The number of nitrogens with zero attached hydrogens (tertiary/aromatic N) is 3. The van der Waals surface area contributed by atoms with Gasteiger partial charge in [-0.1, -0.05) is 12.1 Å². The van der Waals surface area contributed by atoms with Gasteiger partial charge in [0.05, 0.1) is 11.6 Å². The predicted octanol–water partition coefficient (Wildman–Crippen LogP) is 4.50. The molecule has 3 heterocycles. The first-order valence-corrected chi connectivity index (χ1v) is 9.32. The minimum atomic E-state index is -0.475. The maximum absolute atomic E-state index is 12.9. The number of anilines is 1. The van der Waals surface area contributed by atoms with Gasteiger partial charge in [0.1, 0.15) is 0 Å². The second-order valence-electron chi connectivity index (χ2n) is 7.98. The summed E-state index contributed by atoms with van der Waals surface area (Å²) >= 11 is 0. The maximum Gasteiger partial charge on any atom is 0.237 e. The van der Waals surface area contributed by atoms with Crippen LogP contribution in [0.4, 0.5) is 5.69 Å². The van der Waals surface area contributed by atoms with E-state index in [9.17, 15) is 4.79 Å². The third-order valence-corrected chi connectivity index (χ3v) is 5.53. The summed E-state index contributed by atoms with van der Waals surface area (Å²) in [6.07, 6.45) is 5.67. The van der Waals surface area contributed by atoms with Gasteiger partial charge in [-0.05, 0) is 57.4 Å². The van der Waals surface area contributed by atoms with Crippen LogP contribution in [0.25, 0.3) is 22.8 Å². The van der Waals surface area contributed by atoms with E-state index in [0.717, 1.165) is 40.9 Å². The van der Waals surface area contributed by atoms with E-state index in [1.54, 1.807) is 12.4 Å². The molecular weight excluding hydrogens is 338 g/mol. The average molecular weight is 359 g/mol.